The van der Waals surface area contributed by atoms with Crippen molar-refractivity contribution in [2.45, 2.75) is 19.3 Å². The number of thiol groups is 1. The number of hydrogen-bond acceptors (Lipinski definition) is 4. The molecule has 0 amide bonds. The third-order valence-corrected chi connectivity index (χ3v) is 2.55. The number of methoxy groups -OCH3 is 1. The zero-order valence-corrected chi connectivity index (χ0v) is 10.4. The van der Waals surface area contributed by atoms with Gasteiger partial charge in [0.05, 0.1) is 12.8 Å². The normalized spacial score (nSPS) is 11.2. The molecule has 82 valence electrons. The Bertz CT molecular complexity index is 399. The molecule has 0 atom stereocenters. The molecule has 0 radical (unpaired) electrons. The van der Waals surface area contributed by atoms with Gasteiger partial charge in [0.25, 0.3) is 0 Å². The van der Waals surface area contributed by atoms with E-state index in [4.69, 9.17) is 17.0 Å². The molecule has 0 saturated carbocycles. The summed E-state index contributed by atoms with van der Waals surface area (Å²) in [6.45, 7) is 3.50. The predicted octanol–water partition coefficient (Wildman–Crippen LogP) is 1.47. The highest BCUT2D eigenvalue weighted by Crippen LogP contribution is 2.23. The molecule has 0 saturated heterocycles. The molecule has 6 heteroatoms. The SMILES string of the molecule is COC(=O)C(C)(C)c1cnc(C(=S)S)[nH]1. The first kappa shape index (κ1) is 12.2. The number of hydrogen-bond donors (Lipinski definition) is 2. The van der Waals surface area contributed by atoms with Crippen LogP contribution in [0.2, 0.25) is 0 Å². The van der Waals surface area contributed by atoms with Crippen molar-refractivity contribution < 1.29 is 9.53 Å². The second kappa shape index (κ2) is 4.32. The molecule has 0 aromatic carbocycles. The average molecular weight is 244 g/mol. The maximum absolute atomic E-state index is 11.5. The summed E-state index contributed by atoms with van der Waals surface area (Å²) in [7, 11) is 1.35. The van der Waals surface area contributed by atoms with Gasteiger partial charge >= 0.3 is 5.97 Å². The maximum atomic E-state index is 11.5. The van der Waals surface area contributed by atoms with E-state index in [1.165, 1.54) is 7.11 Å². The van der Waals surface area contributed by atoms with Gasteiger partial charge in [-0.15, -0.1) is 12.6 Å². The molecule has 1 heterocycles. The molecule has 0 bridgehead atoms. The largest absolute Gasteiger partial charge is 0.468 e. The van der Waals surface area contributed by atoms with Gasteiger partial charge in [0.2, 0.25) is 0 Å². The summed E-state index contributed by atoms with van der Waals surface area (Å²) >= 11 is 8.84. The molecule has 0 aliphatic heterocycles. The molecule has 0 aliphatic rings. The van der Waals surface area contributed by atoms with Gasteiger partial charge in [0, 0.05) is 6.20 Å². The van der Waals surface area contributed by atoms with E-state index in [0.29, 0.717) is 15.7 Å². The summed E-state index contributed by atoms with van der Waals surface area (Å²) < 4.78 is 5.06. The van der Waals surface area contributed by atoms with Crippen molar-refractivity contribution in [1.29, 1.82) is 0 Å². The number of carbonyl (C=O) groups excluding carboxylic acids is 1. The van der Waals surface area contributed by atoms with Gasteiger partial charge in [0.1, 0.15) is 9.61 Å². The van der Waals surface area contributed by atoms with Crippen molar-refractivity contribution in [3.63, 3.8) is 0 Å². The summed E-state index contributed by atoms with van der Waals surface area (Å²) in [5, 5.41) is 0. The van der Waals surface area contributed by atoms with E-state index in [1.54, 1.807) is 20.0 Å². The smallest absolute Gasteiger partial charge is 0.317 e. The fourth-order valence-corrected chi connectivity index (χ4v) is 1.33. The van der Waals surface area contributed by atoms with Crippen molar-refractivity contribution in [2.24, 2.45) is 0 Å². The van der Waals surface area contributed by atoms with Gasteiger partial charge in [-0.05, 0) is 13.8 Å². The minimum atomic E-state index is -0.765. The zero-order chi connectivity index (χ0) is 11.6. The van der Waals surface area contributed by atoms with Crippen LogP contribution in [-0.2, 0) is 14.9 Å². The van der Waals surface area contributed by atoms with Crippen molar-refractivity contribution >= 4 is 35.0 Å². The number of ether oxygens (including phenoxy) is 1. The number of aromatic nitrogens is 2. The molecule has 4 nitrogen and oxygen atoms in total. The molecule has 1 rings (SSSR count). The Kier molecular flexibility index (Phi) is 3.51. The number of imidazole rings is 1. The lowest BCUT2D eigenvalue weighted by molar-refractivity contribution is -0.146. The quantitative estimate of drug-likeness (QED) is 0.480. The molecular weight excluding hydrogens is 232 g/mol. The number of carbonyl (C=O) groups is 1. The number of H-pyrrole nitrogens is 1. The fourth-order valence-electron chi connectivity index (χ4n) is 1.11. The molecule has 1 N–H and O–H groups in total. The van der Waals surface area contributed by atoms with Gasteiger partial charge in [-0.25, -0.2) is 4.98 Å². The van der Waals surface area contributed by atoms with Crippen LogP contribution < -0.4 is 0 Å². The Morgan fingerprint density at radius 3 is 2.67 bits per heavy atom. The summed E-state index contributed by atoms with van der Waals surface area (Å²) in [6.07, 6.45) is 1.56. The molecular formula is C9H12N2O2S2. The number of nitrogens with one attached hydrogen (secondary N) is 1. The van der Waals surface area contributed by atoms with E-state index in [-0.39, 0.29) is 5.97 Å². The topological polar surface area (TPSA) is 55.0 Å². The minimum absolute atomic E-state index is 0.331. The van der Waals surface area contributed by atoms with E-state index >= 15 is 0 Å². The first-order valence-corrected chi connectivity index (χ1v) is 5.12. The Morgan fingerprint density at radius 1 is 1.67 bits per heavy atom. The maximum Gasteiger partial charge on any atom is 0.317 e. The Balaban J connectivity index is 3.05. The van der Waals surface area contributed by atoms with E-state index < -0.39 is 5.41 Å². The molecule has 15 heavy (non-hydrogen) atoms. The molecule has 0 fully saturated rings. The number of nitrogens with zero attached hydrogens (tertiary/aromatic N) is 1. The first-order chi connectivity index (χ1) is 6.89. The predicted molar refractivity (Wildman–Crippen MR) is 64.3 cm³/mol. The van der Waals surface area contributed by atoms with Crippen LogP contribution >= 0.6 is 24.8 Å². The van der Waals surface area contributed by atoms with Crippen LogP contribution in [0.4, 0.5) is 0 Å². The zero-order valence-electron chi connectivity index (χ0n) is 8.70. The molecule has 0 spiro atoms. The third kappa shape index (κ3) is 2.38. The summed E-state index contributed by atoms with van der Waals surface area (Å²) in [6, 6.07) is 0. The van der Waals surface area contributed by atoms with Crippen LogP contribution in [0.15, 0.2) is 6.20 Å². The van der Waals surface area contributed by atoms with Gasteiger partial charge < -0.3 is 9.72 Å². The highest BCUT2D eigenvalue weighted by molar-refractivity contribution is 8.11. The molecule has 0 unspecified atom stereocenters. The van der Waals surface area contributed by atoms with E-state index in [9.17, 15) is 4.79 Å². The minimum Gasteiger partial charge on any atom is -0.468 e. The summed E-state index contributed by atoms with van der Waals surface area (Å²) in [5.41, 5.74) is -0.112. The van der Waals surface area contributed by atoms with Crippen molar-refractivity contribution in [2.75, 3.05) is 7.11 Å². The van der Waals surface area contributed by atoms with Crippen molar-refractivity contribution in [1.82, 2.24) is 9.97 Å². The lowest BCUT2D eigenvalue weighted by atomic mass is 9.90. The van der Waals surface area contributed by atoms with Crippen molar-refractivity contribution in [3.05, 3.63) is 17.7 Å². The van der Waals surface area contributed by atoms with Crippen LogP contribution in [0, 0.1) is 0 Å². The molecule has 0 aliphatic carbocycles. The Labute approximate surface area is 98.8 Å². The second-order valence-electron chi connectivity index (χ2n) is 3.57. The average Bonchev–Trinajstić information content (AvgIpc) is 2.65. The van der Waals surface area contributed by atoms with Crippen LogP contribution in [0.3, 0.4) is 0 Å². The van der Waals surface area contributed by atoms with Gasteiger partial charge in [-0.1, -0.05) is 12.2 Å². The van der Waals surface area contributed by atoms with Crippen molar-refractivity contribution in [3.8, 4) is 0 Å². The highest BCUT2D eigenvalue weighted by atomic mass is 32.1. The molecule has 1 aromatic heterocycles. The van der Waals surface area contributed by atoms with E-state index in [2.05, 4.69) is 22.6 Å². The van der Waals surface area contributed by atoms with Crippen LogP contribution in [0.1, 0.15) is 25.4 Å². The number of rotatable bonds is 3. The lowest BCUT2D eigenvalue weighted by Crippen LogP contribution is -2.30. The lowest BCUT2D eigenvalue weighted by Gasteiger charge is -2.19. The van der Waals surface area contributed by atoms with Gasteiger partial charge in [-0.2, -0.15) is 0 Å². The first-order valence-electron chi connectivity index (χ1n) is 4.26. The van der Waals surface area contributed by atoms with E-state index in [0.717, 1.165) is 0 Å². The molecule has 1 aromatic rings. The Hall–Kier alpha value is -0.880. The Morgan fingerprint density at radius 2 is 2.27 bits per heavy atom. The van der Waals surface area contributed by atoms with Crippen LogP contribution in [0.5, 0.6) is 0 Å². The van der Waals surface area contributed by atoms with Gasteiger partial charge in [0.15, 0.2) is 5.82 Å². The van der Waals surface area contributed by atoms with Crippen LogP contribution in [0.25, 0.3) is 0 Å². The fraction of sp³-hybridized carbons (Fsp3) is 0.444. The van der Waals surface area contributed by atoms with E-state index in [1.807, 2.05) is 0 Å². The standard InChI is InChI=1S/C9H12N2O2S2/c1-9(2,8(12)13-3)5-4-10-6(11-5)7(14)15/h4H,1-3H3,(H,10,11)(H,14,15). The van der Waals surface area contributed by atoms with Gasteiger partial charge in [-0.3, -0.25) is 4.79 Å². The summed E-state index contributed by atoms with van der Waals surface area (Å²) in [5.74, 6) is 0.156. The summed E-state index contributed by atoms with van der Waals surface area (Å²) in [4.78, 5) is 18.4. The second-order valence-corrected chi connectivity index (χ2v) is 4.73. The number of aromatic amines is 1. The number of thiocarbonyl (C=S) groups is 1. The van der Waals surface area contributed by atoms with Crippen LogP contribution in [-0.4, -0.2) is 27.2 Å². The highest BCUT2D eigenvalue weighted by Gasteiger charge is 2.32. The monoisotopic (exact) mass is 244 g/mol. The third-order valence-electron chi connectivity index (χ3n) is 2.15. The number of esters is 1.